The third kappa shape index (κ3) is 3.61. The van der Waals surface area contributed by atoms with Crippen LogP contribution in [0.1, 0.15) is 38.3 Å². The average Bonchev–Trinajstić information content (AvgIpc) is 3.01. The molecule has 0 fully saturated rings. The lowest BCUT2D eigenvalue weighted by Crippen LogP contribution is -2.31. The minimum atomic E-state index is 0.219. The molecule has 0 radical (unpaired) electrons. The highest BCUT2D eigenvalue weighted by atomic mass is 16.3. The molecule has 20 heavy (non-hydrogen) atoms. The fourth-order valence-electron chi connectivity index (χ4n) is 2.21. The summed E-state index contributed by atoms with van der Waals surface area (Å²) in [6, 6.07) is 8.72. The molecule has 0 bridgehead atoms. The molecule has 2 rings (SSSR count). The zero-order valence-electron chi connectivity index (χ0n) is 11.9. The van der Waals surface area contributed by atoms with Gasteiger partial charge in [-0.2, -0.15) is 0 Å². The summed E-state index contributed by atoms with van der Waals surface area (Å²) >= 11 is 0. The first-order valence-corrected chi connectivity index (χ1v) is 6.94. The van der Waals surface area contributed by atoms with Crippen LogP contribution in [-0.4, -0.2) is 38.0 Å². The third-order valence-electron chi connectivity index (χ3n) is 3.46. The molecule has 0 aliphatic carbocycles. The Hall–Kier alpha value is -1.79. The van der Waals surface area contributed by atoms with Crippen LogP contribution in [0.3, 0.4) is 0 Å². The van der Waals surface area contributed by atoms with Gasteiger partial charge in [0.25, 0.3) is 0 Å². The van der Waals surface area contributed by atoms with Crippen molar-refractivity contribution in [1.29, 1.82) is 0 Å². The van der Waals surface area contributed by atoms with Gasteiger partial charge >= 0.3 is 0 Å². The maximum atomic E-state index is 9.03. The number of aliphatic hydroxyl groups is 1. The standard InChI is InChI=1S/C14H21N5O/c1-3-13(8-9-20)16-11(2)12-4-6-14(7-5-12)19-10-15-17-18-19/h4-7,10-11,13,16,20H,3,8-9H2,1-2H3. The number of aliphatic hydroxyl groups excluding tert-OH is 1. The van der Waals surface area contributed by atoms with E-state index >= 15 is 0 Å². The minimum absolute atomic E-state index is 0.219. The molecule has 0 aliphatic rings. The maximum absolute atomic E-state index is 9.03. The Bertz CT molecular complexity index is 497. The SMILES string of the molecule is CCC(CCO)NC(C)c1ccc(-n2cnnn2)cc1. The number of hydrogen-bond donors (Lipinski definition) is 2. The van der Waals surface area contributed by atoms with Crippen molar-refractivity contribution in [2.75, 3.05) is 6.61 Å². The first-order chi connectivity index (χ1) is 9.74. The zero-order chi connectivity index (χ0) is 14.4. The number of tetrazole rings is 1. The van der Waals surface area contributed by atoms with E-state index in [1.165, 1.54) is 5.56 Å². The number of aromatic nitrogens is 4. The highest BCUT2D eigenvalue weighted by Gasteiger charge is 2.11. The van der Waals surface area contributed by atoms with Gasteiger partial charge in [-0.05, 0) is 47.9 Å². The van der Waals surface area contributed by atoms with Gasteiger partial charge in [0, 0.05) is 18.7 Å². The molecule has 0 amide bonds. The van der Waals surface area contributed by atoms with Gasteiger partial charge in [-0.3, -0.25) is 0 Å². The van der Waals surface area contributed by atoms with E-state index in [1.807, 2.05) is 12.1 Å². The second-order valence-corrected chi connectivity index (χ2v) is 4.85. The van der Waals surface area contributed by atoms with Gasteiger partial charge in [-0.15, -0.1) is 5.10 Å². The van der Waals surface area contributed by atoms with Gasteiger partial charge in [0.1, 0.15) is 6.33 Å². The first kappa shape index (κ1) is 14.6. The van der Waals surface area contributed by atoms with Crippen molar-refractivity contribution in [3.63, 3.8) is 0 Å². The minimum Gasteiger partial charge on any atom is -0.396 e. The molecule has 0 aliphatic heterocycles. The van der Waals surface area contributed by atoms with Gasteiger partial charge < -0.3 is 10.4 Å². The van der Waals surface area contributed by atoms with E-state index in [9.17, 15) is 0 Å². The second-order valence-electron chi connectivity index (χ2n) is 4.85. The Morgan fingerprint density at radius 2 is 2.05 bits per heavy atom. The molecule has 0 spiro atoms. The Kier molecular flexibility index (Phi) is 5.20. The van der Waals surface area contributed by atoms with E-state index in [4.69, 9.17) is 5.11 Å². The Labute approximate surface area is 118 Å². The summed E-state index contributed by atoms with van der Waals surface area (Å²) in [5, 5.41) is 23.7. The van der Waals surface area contributed by atoms with Crippen LogP contribution in [0.15, 0.2) is 30.6 Å². The van der Waals surface area contributed by atoms with Gasteiger partial charge in [-0.1, -0.05) is 19.1 Å². The number of rotatable bonds is 7. The molecule has 2 N–H and O–H groups in total. The van der Waals surface area contributed by atoms with E-state index in [0.717, 1.165) is 18.5 Å². The maximum Gasteiger partial charge on any atom is 0.143 e. The molecule has 1 aromatic heterocycles. The topological polar surface area (TPSA) is 75.9 Å². The van der Waals surface area contributed by atoms with E-state index in [0.29, 0.717) is 6.04 Å². The van der Waals surface area contributed by atoms with Gasteiger partial charge in [0.15, 0.2) is 0 Å². The van der Waals surface area contributed by atoms with Crippen LogP contribution in [-0.2, 0) is 0 Å². The van der Waals surface area contributed by atoms with Crippen molar-refractivity contribution in [3.8, 4) is 5.69 Å². The van der Waals surface area contributed by atoms with Crippen LogP contribution in [0.5, 0.6) is 0 Å². The van der Waals surface area contributed by atoms with E-state index in [1.54, 1.807) is 11.0 Å². The van der Waals surface area contributed by atoms with Crippen molar-refractivity contribution < 1.29 is 5.11 Å². The molecular formula is C14H21N5O. The molecule has 1 aromatic carbocycles. The van der Waals surface area contributed by atoms with Gasteiger partial charge in [0.05, 0.1) is 5.69 Å². The molecule has 0 saturated carbocycles. The van der Waals surface area contributed by atoms with Crippen LogP contribution < -0.4 is 5.32 Å². The fourth-order valence-corrected chi connectivity index (χ4v) is 2.21. The van der Waals surface area contributed by atoms with Crippen molar-refractivity contribution in [1.82, 2.24) is 25.5 Å². The van der Waals surface area contributed by atoms with E-state index < -0.39 is 0 Å². The third-order valence-corrected chi connectivity index (χ3v) is 3.46. The summed E-state index contributed by atoms with van der Waals surface area (Å²) in [6.45, 7) is 4.48. The van der Waals surface area contributed by atoms with E-state index in [2.05, 4.69) is 46.8 Å². The predicted octanol–water partition coefficient (Wildman–Crippen LogP) is 1.47. The van der Waals surface area contributed by atoms with Crippen molar-refractivity contribution in [3.05, 3.63) is 36.2 Å². The van der Waals surface area contributed by atoms with Crippen LogP contribution in [0.2, 0.25) is 0 Å². The molecular weight excluding hydrogens is 254 g/mol. The lowest BCUT2D eigenvalue weighted by molar-refractivity contribution is 0.257. The number of hydrogen-bond acceptors (Lipinski definition) is 5. The number of benzene rings is 1. The normalized spacial score (nSPS) is 14.2. The molecule has 2 unspecified atom stereocenters. The largest absolute Gasteiger partial charge is 0.396 e. The molecule has 6 heteroatoms. The lowest BCUT2D eigenvalue weighted by Gasteiger charge is -2.22. The van der Waals surface area contributed by atoms with Crippen LogP contribution in [0.4, 0.5) is 0 Å². The molecule has 2 atom stereocenters. The molecule has 6 nitrogen and oxygen atoms in total. The Morgan fingerprint density at radius 3 is 2.60 bits per heavy atom. The number of nitrogens with one attached hydrogen (secondary N) is 1. The molecule has 1 heterocycles. The highest BCUT2D eigenvalue weighted by molar-refractivity contribution is 5.34. The molecule has 0 saturated heterocycles. The summed E-state index contributed by atoms with van der Waals surface area (Å²) in [7, 11) is 0. The summed E-state index contributed by atoms with van der Waals surface area (Å²) in [5.74, 6) is 0. The fraction of sp³-hybridized carbons (Fsp3) is 0.500. The smallest absolute Gasteiger partial charge is 0.143 e. The lowest BCUT2D eigenvalue weighted by atomic mass is 10.0. The van der Waals surface area contributed by atoms with Crippen molar-refractivity contribution in [2.45, 2.75) is 38.8 Å². The summed E-state index contributed by atoms with van der Waals surface area (Å²) in [4.78, 5) is 0. The Balaban J connectivity index is 2.02. The summed E-state index contributed by atoms with van der Waals surface area (Å²) in [6.07, 6.45) is 3.36. The average molecular weight is 275 g/mol. The van der Waals surface area contributed by atoms with Crippen molar-refractivity contribution >= 4 is 0 Å². The summed E-state index contributed by atoms with van der Waals surface area (Å²) < 4.78 is 1.63. The van der Waals surface area contributed by atoms with Gasteiger partial charge in [-0.25, -0.2) is 4.68 Å². The second kappa shape index (κ2) is 7.12. The quantitative estimate of drug-likeness (QED) is 0.800. The monoisotopic (exact) mass is 275 g/mol. The predicted molar refractivity (Wildman–Crippen MR) is 76.5 cm³/mol. The Morgan fingerprint density at radius 1 is 1.30 bits per heavy atom. The molecule has 108 valence electrons. The number of nitrogens with zero attached hydrogens (tertiary/aromatic N) is 4. The van der Waals surface area contributed by atoms with Crippen LogP contribution in [0.25, 0.3) is 5.69 Å². The summed E-state index contributed by atoms with van der Waals surface area (Å²) in [5.41, 5.74) is 2.14. The molecule has 2 aromatic rings. The van der Waals surface area contributed by atoms with E-state index in [-0.39, 0.29) is 12.6 Å². The van der Waals surface area contributed by atoms with Crippen LogP contribution >= 0.6 is 0 Å². The van der Waals surface area contributed by atoms with Crippen molar-refractivity contribution in [2.24, 2.45) is 0 Å². The highest BCUT2D eigenvalue weighted by Crippen LogP contribution is 2.16. The van der Waals surface area contributed by atoms with Gasteiger partial charge in [0.2, 0.25) is 0 Å². The zero-order valence-corrected chi connectivity index (χ0v) is 11.9. The van der Waals surface area contributed by atoms with Crippen LogP contribution in [0, 0.1) is 0 Å². The first-order valence-electron chi connectivity index (χ1n) is 6.94.